The maximum Gasteiger partial charge on any atom is 0.0715 e. The molecule has 2 N–H and O–H groups in total. The molecule has 0 unspecified atom stereocenters. The van der Waals surface area contributed by atoms with E-state index in [0.29, 0.717) is 6.54 Å². The average molecular weight is 278 g/mol. The lowest BCUT2D eigenvalue weighted by Gasteiger charge is -2.17. The van der Waals surface area contributed by atoms with Crippen molar-refractivity contribution in [2.75, 3.05) is 13.1 Å². The summed E-state index contributed by atoms with van der Waals surface area (Å²) in [6.45, 7) is 5.17. The fourth-order valence-corrected chi connectivity index (χ4v) is 2.55. The van der Waals surface area contributed by atoms with Crippen LogP contribution in [0.2, 0.25) is 0 Å². The second kappa shape index (κ2) is 5.26. The van der Waals surface area contributed by atoms with Crippen molar-refractivity contribution >= 4 is 27.3 Å². The third-order valence-corrected chi connectivity index (χ3v) is 3.48. The van der Waals surface area contributed by atoms with Gasteiger partial charge in [-0.1, -0.05) is 0 Å². The predicted octanol–water partition coefficient (Wildman–Crippen LogP) is 2.41. The van der Waals surface area contributed by atoms with Crippen molar-refractivity contribution in [3.63, 3.8) is 0 Å². The van der Waals surface area contributed by atoms with Crippen LogP contribution in [0.15, 0.2) is 15.9 Å². The van der Waals surface area contributed by atoms with Gasteiger partial charge < -0.3 is 10.4 Å². The average Bonchev–Trinajstić information content (AvgIpc) is 2.44. The van der Waals surface area contributed by atoms with Crippen LogP contribution in [0.3, 0.4) is 0 Å². The Balaban J connectivity index is 2.16. The minimum Gasteiger partial charge on any atom is -0.389 e. The van der Waals surface area contributed by atoms with E-state index in [1.165, 1.54) is 4.88 Å². The largest absolute Gasteiger partial charge is 0.389 e. The molecule has 0 fully saturated rings. The van der Waals surface area contributed by atoms with Crippen LogP contribution < -0.4 is 5.32 Å². The van der Waals surface area contributed by atoms with Crippen molar-refractivity contribution in [2.24, 2.45) is 0 Å². The first-order chi connectivity index (χ1) is 6.47. The zero-order valence-corrected chi connectivity index (χ0v) is 10.9. The van der Waals surface area contributed by atoms with Crippen LogP contribution in [0, 0.1) is 0 Å². The van der Waals surface area contributed by atoms with E-state index in [-0.39, 0.29) is 0 Å². The molecule has 0 aliphatic carbocycles. The van der Waals surface area contributed by atoms with E-state index in [1.807, 2.05) is 13.8 Å². The molecule has 1 rings (SSSR count). The zero-order chi connectivity index (χ0) is 10.6. The van der Waals surface area contributed by atoms with Crippen molar-refractivity contribution in [1.29, 1.82) is 0 Å². The molecule has 0 spiro atoms. The highest BCUT2D eigenvalue weighted by Crippen LogP contribution is 2.19. The van der Waals surface area contributed by atoms with Crippen LogP contribution in [-0.4, -0.2) is 23.8 Å². The Bertz CT molecular complexity index is 280. The normalized spacial score (nSPS) is 12.0. The van der Waals surface area contributed by atoms with Crippen LogP contribution in [0.5, 0.6) is 0 Å². The molecule has 0 amide bonds. The van der Waals surface area contributed by atoms with Crippen molar-refractivity contribution in [2.45, 2.75) is 25.9 Å². The molecule has 0 bridgehead atoms. The SMILES string of the molecule is CC(C)(O)CNCCc1cc(Br)cs1. The van der Waals surface area contributed by atoms with Gasteiger partial charge in [-0.3, -0.25) is 0 Å². The molecular weight excluding hydrogens is 262 g/mol. The van der Waals surface area contributed by atoms with E-state index < -0.39 is 5.60 Å². The van der Waals surface area contributed by atoms with Crippen molar-refractivity contribution in [1.82, 2.24) is 5.32 Å². The summed E-state index contributed by atoms with van der Waals surface area (Å²) in [6.07, 6.45) is 1.02. The molecule has 0 saturated heterocycles. The summed E-state index contributed by atoms with van der Waals surface area (Å²) in [6, 6.07) is 2.14. The summed E-state index contributed by atoms with van der Waals surface area (Å²) in [5.41, 5.74) is -0.615. The van der Waals surface area contributed by atoms with Crippen LogP contribution in [0.4, 0.5) is 0 Å². The van der Waals surface area contributed by atoms with Crippen molar-refractivity contribution in [3.05, 3.63) is 20.8 Å². The van der Waals surface area contributed by atoms with Crippen LogP contribution in [-0.2, 0) is 6.42 Å². The summed E-state index contributed by atoms with van der Waals surface area (Å²) in [5, 5.41) is 14.8. The van der Waals surface area contributed by atoms with Crippen molar-refractivity contribution in [3.8, 4) is 0 Å². The van der Waals surface area contributed by atoms with Gasteiger partial charge in [-0.25, -0.2) is 0 Å². The number of aliphatic hydroxyl groups is 1. The standard InChI is InChI=1S/C10H16BrNOS/c1-10(2,13)7-12-4-3-9-5-8(11)6-14-9/h5-6,12-13H,3-4,7H2,1-2H3. The number of rotatable bonds is 5. The zero-order valence-electron chi connectivity index (χ0n) is 8.51. The number of hydrogen-bond acceptors (Lipinski definition) is 3. The van der Waals surface area contributed by atoms with Gasteiger partial charge in [0.25, 0.3) is 0 Å². The fraction of sp³-hybridized carbons (Fsp3) is 0.600. The third-order valence-electron chi connectivity index (χ3n) is 1.73. The summed E-state index contributed by atoms with van der Waals surface area (Å²) in [5.74, 6) is 0. The number of halogens is 1. The Morgan fingerprint density at radius 3 is 2.79 bits per heavy atom. The maximum atomic E-state index is 9.45. The monoisotopic (exact) mass is 277 g/mol. The Morgan fingerprint density at radius 1 is 1.57 bits per heavy atom. The number of nitrogens with one attached hydrogen (secondary N) is 1. The lowest BCUT2D eigenvalue weighted by atomic mass is 10.1. The first kappa shape index (κ1) is 12.2. The summed E-state index contributed by atoms with van der Waals surface area (Å²) in [4.78, 5) is 1.36. The molecule has 80 valence electrons. The van der Waals surface area contributed by atoms with E-state index in [1.54, 1.807) is 11.3 Å². The molecule has 14 heavy (non-hydrogen) atoms. The minimum atomic E-state index is -0.615. The lowest BCUT2D eigenvalue weighted by molar-refractivity contribution is 0.0801. The molecule has 0 atom stereocenters. The molecular formula is C10H16BrNOS. The van der Waals surface area contributed by atoms with Gasteiger partial charge >= 0.3 is 0 Å². The smallest absolute Gasteiger partial charge is 0.0715 e. The lowest BCUT2D eigenvalue weighted by Crippen LogP contribution is -2.35. The van der Waals surface area contributed by atoms with Gasteiger partial charge in [-0.15, -0.1) is 11.3 Å². The minimum absolute atomic E-state index is 0.615. The highest BCUT2D eigenvalue weighted by atomic mass is 79.9. The summed E-state index contributed by atoms with van der Waals surface area (Å²) in [7, 11) is 0. The first-order valence-electron chi connectivity index (χ1n) is 4.63. The highest BCUT2D eigenvalue weighted by Gasteiger charge is 2.10. The van der Waals surface area contributed by atoms with Gasteiger partial charge in [0.2, 0.25) is 0 Å². The highest BCUT2D eigenvalue weighted by molar-refractivity contribution is 9.10. The first-order valence-corrected chi connectivity index (χ1v) is 6.31. The van der Waals surface area contributed by atoms with Gasteiger partial charge in [0.1, 0.15) is 0 Å². The van der Waals surface area contributed by atoms with E-state index in [9.17, 15) is 5.11 Å². The van der Waals surface area contributed by atoms with E-state index in [4.69, 9.17) is 0 Å². The number of hydrogen-bond donors (Lipinski definition) is 2. The van der Waals surface area contributed by atoms with Crippen LogP contribution >= 0.6 is 27.3 Å². The van der Waals surface area contributed by atoms with Gasteiger partial charge in [0, 0.05) is 27.8 Å². The van der Waals surface area contributed by atoms with Gasteiger partial charge in [-0.2, -0.15) is 0 Å². The number of thiophene rings is 1. The molecule has 1 heterocycles. The Kier molecular flexibility index (Phi) is 4.57. The molecule has 0 saturated carbocycles. The summed E-state index contributed by atoms with van der Waals surface area (Å²) >= 11 is 5.18. The second-order valence-electron chi connectivity index (χ2n) is 3.97. The molecule has 1 aromatic heterocycles. The molecule has 0 aliphatic rings. The third kappa shape index (κ3) is 5.10. The fourth-order valence-electron chi connectivity index (χ4n) is 1.09. The topological polar surface area (TPSA) is 32.3 Å². The quantitative estimate of drug-likeness (QED) is 0.811. The molecule has 0 aromatic carbocycles. The molecule has 2 nitrogen and oxygen atoms in total. The van der Waals surface area contributed by atoms with Gasteiger partial charge in [-0.05, 0) is 42.3 Å². The Hall–Kier alpha value is 0.1000. The van der Waals surface area contributed by atoms with Crippen LogP contribution in [0.1, 0.15) is 18.7 Å². The predicted molar refractivity (Wildman–Crippen MR) is 64.9 cm³/mol. The van der Waals surface area contributed by atoms with Gasteiger partial charge in [0.15, 0.2) is 0 Å². The van der Waals surface area contributed by atoms with Crippen LogP contribution in [0.25, 0.3) is 0 Å². The Morgan fingerprint density at radius 2 is 2.29 bits per heavy atom. The molecule has 1 aromatic rings. The molecule has 0 radical (unpaired) electrons. The molecule has 4 heteroatoms. The second-order valence-corrected chi connectivity index (χ2v) is 5.88. The molecule has 0 aliphatic heterocycles. The van der Waals surface area contributed by atoms with Crippen molar-refractivity contribution < 1.29 is 5.11 Å². The summed E-state index contributed by atoms with van der Waals surface area (Å²) < 4.78 is 1.15. The van der Waals surface area contributed by atoms with E-state index in [2.05, 4.69) is 32.7 Å². The Labute approximate surface area is 97.5 Å². The van der Waals surface area contributed by atoms with Gasteiger partial charge in [0.05, 0.1) is 5.60 Å². The van der Waals surface area contributed by atoms with E-state index in [0.717, 1.165) is 17.4 Å². The van der Waals surface area contributed by atoms with E-state index >= 15 is 0 Å². The maximum absolute atomic E-state index is 9.45.